The third kappa shape index (κ3) is 3.39. The number of hydrogen-bond acceptors (Lipinski definition) is 3. The summed E-state index contributed by atoms with van der Waals surface area (Å²) in [5, 5.41) is 10.3. The second-order valence-corrected chi connectivity index (χ2v) is 8.89. The van der Waals surface area contributed by atoms with Crippen LogP contribution in [0.15, 0.2) is 48.7 Å². The van der Waals surface area contributed by atoms with E-state index in [-0.39, 0.29) is 23.3 Å². The minimum absolute atomic E-state index is 0.0897. The van der Waals surface area contributed by atoms with Gasteiger partial charge in [-0.1, -0.05) is 6.07 Å². The van der Waals surface area contributed by atoms with Gasteiger partial charge in [-0.3, -0.25) is 9.69 Å². The van der Waals surface area contributed by atoms with Gasteiger partial charge < -0.3 is 9.88 Å². The molecule has 0 radical (unpaired) electrons. The molecule has 2 saturated heterocycles. The van der Waals surface area contributed by atoms with E-state index in [1.165, 1.54) is 17.7 Å². The second kappa shape index (κ2) is 7.51. The summed E-state index contributed by atoms with van der Waals surface area (Å²) in [5.41, 5.74) is 3.31. The molecule has 0 unspecified atom stereocenters. The lowest BCUT2D eigenvalue weighted by molar-refractivity contribution is -0.117. The Morgan fingerprint density at radius 3 is 2.90 bits per heavy atom. The monoisotopic (exact) mass is 416 g/mol. The number of fused-ring (bicyclic) bond motifs is 1. The van der Waals surface area contributed by atoms with Crippen molar-refractivity contribution in [3.05, 3.63) is 65.6 Å². The largest absolute Gasteiger partial charge is 0.361 e. The molecule has 3 heterocycles. The van der Waals surface area contributed by atoms with Gasteiger partial charge in [-0.2, -0.15) is 5.26 Å². The Bertz CT molecular complexity index is 1200. The van der Waals surface area contributed by atoms with Crippen LogP contribution in [0.4, 0.5) is 10.1 Å². The quantitative estimate of drug-likeness (QED) is 0.671. The van der Waals surface area contributed by atoms with E-state index in [0.717, 1.165) is 43.3 Å². The first kappa shape index (κ1) is 19.8. The first-order valence-corrected chi connectivity index (χ1v) is 10.8. The molecule has 158 valence electrons. The van der Waals surface area contributed by atoms with Crippen LogP contribution in [0.25, 0.3) is 10.9 Å². The van der Waals surface area contributed by atoms with E-state index < -0.39 is 0 Å². The number of benzene rings is 2. The van der Waals surface area contributed by atoms with Gasteiger partial charge in [-0.15, -0.1) is 0 Å². The number of aromatic amines is 1. The molecule has 5 rings (SSSR count). The van der Waals surface area contributed by atoms with Crippen molar-refractivity contribution in [1.82, 2.24) is 9.88 Å². The number of aromatic nitrogens is 1. The third-order valence-corrected chi connectivity index (χ3v) is 7.03. The zero-order valence-electron chi connectivity index (χ0n) is 17.6. The molecular weight excluding hydrogens is 391 g/mol. The van der Waals surface area contributed by atoms with Crippen LogP contribution < -0.4 is 4.90 Å². The van der Waals surface area contributed by atoms with Crippen molar-refractivity contribution in [3.8, 4) is 6.07 Å². The van der Waals surface area contributed by atoms with Gasteiger partial charge >= 0.3 is 0 Å². The van der Waals surface area contributed by atoms with Crippen molar-refractivity contribution >= 4 is 22.5 Å². The van der Waals surface area contributed by atoms with Crippen molar-refractivity contribution in [2.75, 3.05) is 11.4 Å². The third-order valence-electron chi connectivity index (χ3n) is 7.03. The Hall–Kier alpha value is -3.17. The lowest BCUT2D eigenvalue weighted by Gasteiger charge is -2.48. The molecule has 2 atom stereocenters. The summed E-state index contributed by atoms with van der Waals surface area (Å²) < 4.78 is 13.9. The lowest BCUT2D eigenvalue weighted by Crippen LogP contribution is -2.56. The Balaban J connectivity index is 1.38. The molecule has 2 aliphatic rings. The Morgan fingerprint density at radius 1 is 1.26 bits per heavy atom. The molecule has 2 aliphatic heterocycles. The van der Waals surface area contributed by atoms with E-state index in [1.807, 2.05) is 35.4 Å². The average molecular weight is 417 g/mol. The number of hydrogen-bond donors (Lipinski definition) is 1. The number of carbonyl (C=O) groups is 1. The summed E-state index contributed by atoms with van der Waals surface area (Å²) in [5.74, 6) is -0.221. The highest BCUT2D eigenvalue weighted by Gasteiger charge is 2.49. The fraction of sp³-hybridized carbons (Fsp3) is 0.360. The highest BCUT2D eigenvalue weighted by Crippen LogP contribution is 2.44. The normalized spacial score (nSPS) is 24.2. The molecule has 3 aromatic rings. The molecular formula is C25H25FN4O. The van der Waals surface area contributed by atoms with Crippen LogP contribution in [-0.4, -0.2) is 33.9 Å². The summed E-state index contributed by atoms with van der Waals surface area (Å²) in [7, 11) is 0. The number of nitrogens with one attached hydrogen (secondary N) is 1. The van der Waals surface area contributed by atoms with Crippen LogP contribution in [0, 0.1) is 17.1 Å². The molecule has 31 heavy (non-hydrogen) atoms. The highest BCUT2D eigenvalue weighted by molar-refractivity contribution is 5.97. The van der Waals surface area contributed by atoms with E-state index in [1.54, 1.807) is 6.07 Å². The summed E-state index contributed by atoms with van der Waals surface area (Å²) in [4.78, 5) is 20.4. The van der Waals surface area contributed by atoms with Gasteiger partial charge in [0.05, 0.1) is 17.2 Å². The zero-order chi connectivity index (χ0) is 21.6. The molecule has 0 aliphatic carbocycles. The molecule has 2 aromatic carbocycles. The number of piperidine rings is 1. The van der Waals surface area contributed by atoms with E-state index in [0.29, 0.717) is 17.7 Å². The molecule has 6 heteroatoms. The van der Waals surface area contributed by atoms with Crippen LogP contribution in [0.1, 0.15) is 43.7 Å². The first-order valence-electron chi connectivity index (χ1n) is 10.8. The Labute approximate surface area is 181 Å². The molecule has 1 N–H and O–H groups in total. The van der Waals surface area contributed by atoms with Gasteiger partial charge in [-0.25, -0.2) is 4.39 Å². The molecule has 1 amide bonds. The Morgan fingerprint density at radius 2 is 2.13 bits per heavy atom. The SMILES string of the molecule is C[C@@H]1C[C@]2(CCC(=O)N2c2cccc(F)c2)CCN1Cc1c[nH]c2ccc(C#N)cc12. The number of rotatable bonds is 3. The number of anilines is 1. The fourth-order valence-corrected chi connectivity index (χ4v) is 5.48. The summed E-state index contributed by atoms with van der Waals surface area (Å²) in [6.07, 6.45) is 5.09. The molecule has 1 spiro atoms. The number of nitriles is 1. The predicted molar refractivity (Wildman–Crippen MR) is 118 cm³/mol. The maximum absolute atomic E-state index is 13.9. The summed E-state index contributed by atoms with van der Waals surface area (Å²) in [6, 6.07) is 14.6. The molecule has 0 bridgehead atoms. The lowest BCUT2D eigenvalue weighted by atomic mass is 9.81. The molecule has 1 aromatic heterocycles. The maximum Gasteiger partial charge on any atom is 0.227 e. The van der Waals surface area contributed by atoms with Crippen LogP contribution in [0.3, 0.4) is 0 Å². The molecule has 0 saturated carbocycles. The van der Waals surface area contributed by atoms with E-state index >= 15 is 0 Å². The number of halogens is 1. The topological polar surface area (TPSA) is 63.1 Å². The van der Waals surface area contributed by atoms with Crippen LogP contribution >= 0.6 is 0 Å². The van der Waals surface area contributed by atoms with Gasteiger partial charge in [0.25, 0.3) is 0 Å². The standard InChI is InChI=1S/C25H25FN4O/c1-17-13-25(8-7-24(31)30(25)21-4-2-3-20(26)12-21)9-10-29(17)16-19-15-28-23-6-5-18(14-27)11-22(19)23/h2-6,11-12,15,17,28H,7-10,13,16H2,1H3/t17-,25+/m1/s1. The summed E-state index contributed by atoms with van der Waals surface area (Å²) in [6.45, 7) is 3.87. The van der Waals surface area contributed by atoms with Crippen molar-refractivity contribution in [2.45, 2.75) is 50.7 Å². The number of amides is 1. The highest BCUT2D eigenvalue weighted by atomic mass is 19.1. The van der Waals surface area contributed by atoms with E-state index in [4.69, 9.17) is 0 Å². The summed E-state index contributed by atoms with van der Waals surface area (Å²) >= 11 is 0. The van der Waals surface area contributed by atoms with Gasteiger partial charge in [0, 0.05) is 48.3 Å². The van der Waals surface area contributed by atoms with Crippen molar-refractivity contribution < 1.29 is 9.18 Å². The van der Waals surface area contributed by atoms with Gasteiger partial charge in [-0.05, 0) is 68.1 Å². The van der Waals surface area contributed by atoms with Gasteiger partial charge in [0.1, 0.15) is 5.82 Å². The minimum atomic E-state index is -0.311. The molecule has 5 nitrogen and oxygen atoms in total. The smallest absolute Gasteiger partial charge is 0.227 e. The van der Waals surface area contributed by atoms with Crippen molar-refractivity contribution in [2.24, 2.45) is 0 Å². The number of nitrogens with zero attached hydrogens (tertiary/aromatic N) is 3. The fourth-order valence-electron chi connectivity index (χ4n) is 5.48. The number of carbonyl (C=O) groups excluding carboxylic acids is 1. The number of H-pyrrole nitrogens is 1. The Kier molecular flexibility index (Phi) is 4.79. The first-order chi connectivity index (χ1) is 15.0. The average Bonchev–Trinajstić information content (AvgIpc) is 3.30. The zero-order valence-corrected chi connectivity index (χ0v) is 17.6. The predicted octanol–water partition coefficient (Wildman–Crippen LogP) is 4.73. The molecule has 2 fully saturated rings. The van der Waals surface area contributed by atoms with Gasteiger partial charge in [0.15, 0.2) is 0 Å². The number of likely N-dealkylation sites (tertiary alicyclic amines) is 1. The minimum Gasteiger partial charge on any atom is -0.361 e. The second-order valence-electron chi connectivity index (χ2n) is 8.89. The van der Waals surface area contributed by atoms with Crippen molar-refractivity contribution in [3.63, 3.8) is 0 Å². The van der Waals surface area contributed by atoms with Crippen molar-refractivity contribution in [1.29, 1.82) is 5.26 Å². The van der Waals surface area contributed by atoms with E-state index in [9.17, 15) is 14.4 Å². The van der Waals surface area contributed by atoms with Gasteiger partial charge in [0.2, 0.25) is 5.91 Å². The van der Waals surface area contributed by atoms with Crippen LogP contribution in [0.2, 0.25) is 0 Å². The van der Waals surface area contributed by atoms with Crippen LogP contribution in [-0.2, 0) is 11.3 Å². The van der Waals surface area contributed by atoms with Crippen LogP contribution in [0.5, 0.6) is 0 Å². The van der Waals surface area contributed by atoms with E-state index in [2.05, 4.69) is 22.9 Å². The maximum atomic E-state index is 13.9.